The number of benzene rings is 1. The van der Waals surface area contributed by atoms with Crippen molar-refractivity contribution in [1.29, 1.82) is 0 Å². The van der Waals surface area contributed by atoms with Gasteiger partial charge in [0, 0.05) is 10.6 Å². The molecule has 0 bridgehead atoms. The van der Waals surface area contributed by atoms with Crippen molar-refractivity contribution < 1.29 is 0 Å². The van der Waals surface area contributed by atoms with Crippen molar-refractivity contribution in [3.63, 3.8) is 0 Å². The molecule has 0 spiro atoms. The van der Waals surface area contributed by atoms with Crippen LogP contribution < -0.4 is 5.73 Å². The van der Waals surface area contributed by atoms with Crippen LogP contribution in [-0.4, -0.2) is 10.2 Å². The summed E-state index contributed by atoms with van der Waals surface area (Å²) in [5, 5.41) is 7.64. The summed E-state index contributed by atoms with van der Waals surface area (Å²) in [6.07, 6.45) is 0. The van der Waals surface area contributed by atoms with Gasteiger partial charge in [0.1, 0.15) is 4.34 Å². The van der Waals surface area contributed by atoms with Crippen molar-refractivity contribution in [2.75, 3.05) is 5.73 Å². The van der Waals surface area contributed by atoms with Crippen LogP contribution in [0.4, 0.5) is 5.82 Å². The summed E-state index contributed by atoms with van der Waals surface area (Å²) >= 11 is 19.4. The molecular weight excluding hydrogens is 337 g/mol. The van der Waals surface area contributed by atoms with Crippen LogP contribution in [0.2, 0.25) is 13.7 Å². The second-order valence-corrected chi connectivity index (χ2v) is 6.83. The smallest absolute Gasteiger partial charge is 0.153 e. The van der Waals surface area contributed by atoms with E-state index in [-0.39, 0.29) is 0 Å². The zero-order valence-corrected chi connectivity index (χ0v) is 13.0. The molecule has 7 heteroatoms. The van der Waals surface area contributed by atoms with Crippen LogP contribution in [0.15, 0.2) is 30.3 Å². The molecule has 0 saturated heterocycles. The van der Waals surface area contributed by atoms with Crippen molar-refractivity contribution in [1.82, 2.24) is 10.2 Å². The lowest BCUT2D eigenvalue weighted by Gasteiger charge is -2.04. The fourth-order valence-corrected chi connectivity index (χ4v) is 3.57. The van der Waals surface area contributed by atoms with Gasteiger partial charge in [-0.1, -0.05) is 46.9 Å². The highest BCUT2D eigenvalue weighted by Gasteiger charge is 2.18. The maximum Gasteiger partial charge on any atom is 0.153 e. The van der Waals surface area contributed by atoms with Gasteiger partial charge in [0.2, 0.25) is 0 Å². The zero-order valence-electron chi connectivity index (χ0n) is 9.95. The molecule has 0 saturated carbocycles. The molecule has 2 aromatic heterocycles. The molecule has 0 radical (unpaired) electrons. The fourth-order valence-electron chi connectivity index (χ4n) is 1.97. The van der Waals surface area contributed by atoms with Gasteiger partial charge >= 0.3 is 0 Å². The molecule has 0 amide bonds. The first kappa shape index (κ1) is 13.8. The van der Waals surface area contributed by atoms with E-state index in [0.717, 1.165) is 22.4 Å². The Morgan fingerprint density at radius 1 is 1.10 bits per heavy atom. The van der Waals surface area contributed by atoms with E-state index in [0.29, 0.717) is 19.5 Å². The molecule has 2 heterocycles. The SMILES string of the molecule is Nc1n[nH]c(-c2cc(Cl)sc2Cl)c1-c1ccc(Cl)cc1. The molecule has 1 aromatic carbocycles. The first-order valence-corrected chi connectivity index (χ1v) is 7.56. The Balaban J connectivity index is 2.19. The van der Waals surface area contributed by atoms with E-state index in [9.17, 15) is 0 Å². The number of aromatic nitrogens is 2. The molecule has 0 aliphatic carbocycles. The van der Waals surface area contributed by atoms with E-state index in [1.807, 2.05) is 12.1 Å². The maximum atomic E-state index is 6.20. The number of thiophene rings is 1. The Hall–Kier alpha value is -1.20. The molecule has 102 valence electrons. The molecule has 0 aliphatic heterocycles. The van der Waals surface area contributed by atoms with Crippen molar-refractivity contribution in [2.45, 2.75) is 0 Å². The average Bonchev–Trinajstić information content (AvgIpc) is 2.93. The summed E-state index contributed by atoms with van der Waals surface area (Å²) in [6, 6.07) is 9.16. The molecule has 3 aromatic rings. The van der Waals surface area contributed by atoms with Crippen LogP contribution in [0.3, 0.4) is 0 Å². The number of H-pyrrole nitrogens is 1. The zero-order chi connectivity index (χ0) is 14.3. The Labute approximate surface area is 134 Å². The van der Waals surface area contributed by atoms with Gasteiger partial charge in [0.25, 0.3) is 0 Å². The van der Waals surface area contributed by atoms with E-state index >= 15 is 0 Å². The second-order valence-electron chi connectivity index (χ2n) is 4.10. The number of halogens is 3. The standard InChI is InChI=1S/C13H8Cl3N3S/c14-7-3-1-6(2-4-7)10-11(18-19-13(10)17)8-5-9(15)20-12(8)16/h1-5H,(H3,17,18,19). The van der Waals surface area contributed by atoms with E-state index in [1.54, 1.807) is 18.2 Å². The third-order valence-corrected chi connectivity index (χ3v) is 4.59. The minimum absolute atomic E-state index is 0.403. The monoisotopic (exact) mass is 343 g/mol. The van der Waals surface area contributed by atoms with E-state index in [4.69, 9.17) is 40.5 Å². The lowest BCUT2D eigenvalue weighted by Crippen LogP contribution is -1.88. The number of hydrogen-bond donors (Lipinski definition) is 2. The highest BCUT2D eigenvalue weighted by molar-refractivity contribution is 7.20. The highest BCUT2D eigenvalue weighted by Crippen LogP contribution is 2.42. The van der Waals surface area contributed by atoms with Gasteiger partial charge in [-0.3, -0.25) is 5.10 Å². The largest absolute Gasteiger partial charge is 0.382 e. The molecule has 3 rings (SSSR count). The van der Waals surface area contributed by atoms with Gasteiger partial charge < -0.3 is 5.73 Å². The van der Waals surface area contributed by atoms with Crippen LogP contribution in [-0.2, 0) is 0 Å². The number of nitrogens with zero attached hydrogens (tertiary/aromatic N) is 1. The predicted molar refractivity (Wildman–Crippen MR) is 86.8 cm³/mol. The lowest BCUT2D eigenvalue weighted by atomic mass is 10.0. The second kappa shape index (κ2) is 5.30. The van der Waals surface area contributed by atoms with Gasteiger partial charge in [-0.25, -0.2) is 0 Å². The number of anilines is 1. The summed E-state index contributed by atoms with van der Waals surface area (Å²) in [7, 11) is 0. The lowest BCUT2D eigenvalue weighted by molar-refractivity contribution is 1.10. The number of nitrogens with one attached hydrogen (secondary N) is 1. The fraction of sp³-hybridized carbons (Fsp3) is 0. The average molecular weight is 345 g/mol. The first-order valence-electron chi connectivity index (χ1n) is 5.61. The summed E-state index contributed by atoms with van der Waals surface area (Å²) in [5.74, 6) is 0.403. The number of hydrogen-bond acceptors (Lipinski definition) is 3. The van der Waals surface area contributed by atoms with Crippen LogP contribution in [0.5, 0.6) is 0 Å². The number of nitrogen functional groups attached to an aromatic ring is 1. The Morgan fingerprint density at radius 2 is 1.80 bits per heavy atom. The summed E-state index contributed by atoms with van der Waals surface area (Å²) < 4.78 is 1.20. The Morgan fingerprint density at radius 3 is 2.40 bits per heavy atom. The number of rotatable bonds is 2. The maximum absolute atomic E-state index is 6.20. The molecule has 0 aliphatic rings. The quantitative estimate of drug-likeness (QED) is 0.658. The van der Waals surface area contributed by atoms with Crippen LogP contribution in [0, 0.1) is 0 Å². The van der Waals surface area contributed by atoms with Gasteiger partial charge in [0.15, 0.2) is 5.82 Å². The van der Waals surface area contributed by atoms with Crippen molar-refractivity contribution in [3.8, 4) is 22.4 Å². The third-order valence-electron chi connectivity index (χ3n) is 2.85. The number of nitrogens with two attached hydrogens (primary N) is 1. The molecule has 20 heavy (non-hydrogen) atoms. The first-order chi connectivity index (χ1) is 9.56. The minimum atomic E-state index is 0.403. The van der Waals surface area contributed by atoms with Gasteiger partial charge in [-0.05, 0) is 23.8 Å². The van der Waals surface area contributed by atoms with E-state index in [2.05, 4.69) is 10.2 Å². The van der Waals surface area contributed by atoms with Gasteiger partial charge in [-0.15, -0.1) is 11.3 Å². The van der Waals surface area contributed by atoms with Crippen molar-refractivity contribution >= 4 is 52.0 Å². The van der Waals surface area contributed by atoms with Gasteiger partial charge in [-0.2, -0.15) is 5.10 Å². The molecular formula is C13H8Cl3N3S. The molecule has 0 fully saturated rings. The number of aromatic amines is 1. The van der Waals surface area contributed by atoms with Crippen molar-refractivity contribution in [2.24, 2.45) is 0 Å². The predicted octanol–water partition coefficient (Wildman–Crippen LogP) is 5.35. The molecule has 3 N–H and O–H groups in total. The summed E-state index contributed by atoms with van der Waals surface area (Å²) in [6.45, 7) is 0. The van der Waals surface area contributed by atoms with Crippen molar-refractivity contribution in [3.05, 3.63) is 44.0 Å². The molecule has 0 unspecified atom stereocenters. The molecule has 3 nitrogen and oxygen atoms in total. The minimum Gasteiger partial charge on any atom is -0.382 e. The topological polar surface area (TPSA) is 54.7 Å². The van der Waals surface area contributed by atoms with Gasteiger partial charge in [0.05, 0.1) is 15.6 Å². The van der Waals surface area contributed by atoms with E-state index in [1.165, 1.54) is 11.3 Å². The normalized spacial score (nSPS) is 10.9. The van der Waals surface area contributed by atoms with Crippen LogP contribution >= 0.6 is 46.1 Å². The van der Waals surface area contributed by atoms with E-state index < -0.39 is 0 Å². The molecule has 0 atom stereocenters. The Bertz CT molecular complexity index is 762. The van der Waals surface area contributed by atoms with Crippen LogP contribution in [0.1, 0.15) is 0 Å². The third kappa shape index (κ3) is 2.40. The summed E-state index contributed by atoms with van der Waals surface area (Å²) in [4.78, 5) is 0. The highest BCUT2D eigenvalue weighted by atomic mass is 35.5. The summed E-state index contributed by atoms with van der Waals surface area (Å²) in [5.41, 5.74) is 9.19. The van der Waals surface area contributed by atoms with Crippen LogP contribution in [0.25, 0.3) is 22.4 Å². The Kier molecular flexibility index (Phi) is 3.65.